The summed E-state index contributed by atoms with van der Waals surface area (Å²) in [6.45, 7) is 4.25. The Hall–Kier alpha value is -2.04. The summed E-state index contributed by atoms with van der Waals surface area (Å²) in [5, 5.41) is 6.58. The van der Waals surface area contributed by atoms with Crippen molar-refractivity contribution in [3.63, 3.8) is 0 Å². The predicted octanol–water partition coefficient (Wildman–Crippen LogP) is 4.30. The van der Waals surface area contributed by atoms with Crippen LogP contribution in [0.25, 0.3) is 0 Å². The van der Waals surface area contributed by atoms with Crippen LogP contribution in [0, 0.1) is 13.8 Å². The van der Waals surface area contributed by atoms with E-state index in [0.717, 1.165) is 16.7 Å². The van der Waals surface area contributed by atoms with E-state index in [4.69, 9.17) is 23.2 Å². The Balaban J connectivity index is 1.80. The maximum Gasteiger partial charge on any atom is 0.233 e. The average molecular weight is 379 g/mol. The van der Waals surface area contributed by atoms with Crippen molar-refractivity contribution in [3.8, 4) is 0 Å². The van der Waals surface area contributed by atoms with E-state index in [-0.39, 0.29) is 12.3 Å². The Bertz CT molecular complexity index is 750. The molecule has 2 amide bonds. The lowest BCUT2D eigenvalue weighted by molar-refractivity contribution is -0.126. The van der Waals surface area contributed by atoms with Gasteiger partial charge in [0.05, 0.1) is 10.7 Å². The average Bonchev–Trinajstić information content (AvgIpc) is 2.52. The van der Waals surface area contributed by atoms with Gasteiger partial charge in [0.25, 0.3) is 0 Å². The summed E-state index contributed by atoms with van der Waals surface area (Å²) in [5.41, 5.74) is 3.49. The van der Waals surface area contributed by atoms with E-state index in [2.05, 4.69) is 10.6 Å². The fourth-order valence-corrected chi connectivity index (χ4v) is 2.96. The van der Waals surface area contributed by atoms with Crippen LogP contribution >= 0.6 is 23.2 Å². The van der Waals surface area contributed by atoms with Gasteiger partial charge in [-0.15, -0.1) is 0 Å². The number of benzene rings is 2. The number of nitrogens with one attached hydrogen (secondary N) is 2. The molecule has 0 radical (unpaired) electrons. The molecule has 0 atom stereocenters. The Morgan fingerprint density at radius 3 is 2.32 bits per heavy atom. The van der Waals surface area contributed by atoms with Crippen LogP contribution in [0.3, 0.4) is 0 Å². The summed E-state index contributed by atoms with van der Waals surface area (Å²) in [6, 6.07) is 11.1. The highest BCUT2D eigenvalue weighted by Gasteiger charge is 2.13. The highest BCUT2D eigenvalue weighted by Crippen LogP contribution is 2.27. The minimum Gasteiger partial charge on any atom is -0.355 e. The summed E-state index contributed by atoms with van der Waals surface area (Å²) in [4.78, 5) is 23.9. The molecule has 2 aromatic carbocycles. The van der Waals surface area contributed by atoms with Crippen molar-refractivity contribution >= 4 is 40.7 Å². The lowest BCUT2D eigenvalue weighted by Crippen LogP contribution is -2.29. The maximum atomic E-state index is 12.0. The van der Waals surface area contributed by atoms with Crippen molar-refractivity contribution in [2.45, 2.75) is 26.7 Å². The third-order valence-electron chi connectivity index (χ3n) is 3.67. The predicted molar refractivity (Wildman–Crippen MR) is 102 cm³/mol. The molecule has 0 saturated heterocycles. The Morgan fingerprint density at radius 2 is 1.68 bits per heavy atom. The summed E-state index contributed by atoms with van der Waals surface area (Å²) in [5.74, 6) is -0.717. The SMILES string of the molecule is Cc1cc(C)c(NC(=O)CC(=O)NCCc2ccc(Cl)cc2)c(Cl)c1. The van der Waals surface area contributed by atoms with Crippen molar-refractivity contribution in [1.82, 2.24) is 5.32 Å². The van der Waals surface area contributed by atoms with E-state index < -0.39 is 5.91 Å². The standard InChI is InChI=1S/C19H20Cl2N2O2/c1-12-9-13(2)19(16(21)10-12)23-18(25)11-17(24)22-8-7-14-3-5-15(20)6-4-14/h3-6,9-10H,7-8,11H2,1-2H3,(H,22,24)(H,23,25). The van der Waals surface area contributed by atoms with Crippen LogP contribution < -0.4 is 10.6 Å². The van der Waals surface area contributed by atoms with Crippen LogP contribution in [0.1, 0.15) is 23.1 Å². The second-order valence-corrected chi connectivity index (χ2v) is 6.73. The lowest BCUT2D eigenvalue weighted by atomic mass is 10.1. The minimum absolute atomic E-state index is 0.246. The molecule has 132 valence electrons. The van der Waals surface area contributed by atoms with Gasteiger partial charge in [-0.3, -0.25) is 9.59 Å². The molecule has 0 aliphatic heterocycles. The number of aryl methyl sites for hydroxylation is 2. The molecular formula is C19H20Cl2N2O2. The van der Waals surface area contributed by atoms with Gasteiger partial charge in [0.1, 0.15) is 6.42 Å². The molecule has 0 fully saturated rings. The summed E-state index contributed by atoms with van der Waals surface area (Å²) >= 11 is 12.0. The number of hydrogen-bond acceptors (Lipinski definition) is 2. The first-order chi connectivity index (χ1) is 11.8. The smallest absolute Gasteiger partial charge is 0.233 e. The van der Waals surface area contributed by atoms with E-state index in [1.54, 1.807) is 18.2 Å². The first-order valence-electron chi connectivity index (χ1n) is 7.93. The highest BCUT2D eigenvalue weighted by molar-refractivity contribution is 6.34. The van der Waals surface area contributed by atoms with Gasteiger partial charge in [-0.2, -0.15) is 0 Å². The molecule has 6 heteroatoms. The number of carbonyl (C=O) groups is 2. The third-order valence-corrected chi connectivity index (χ3v) is 4.22. The molecule has 0 bridgehead atoms. The zero-order valence-electron chi connectivity index (χ0n) is 14.2. The molecule has 2 aromatic rings. The number of hydrogen-bond donors (Lipinski definition) is 2. The van der Waals surface area contributed by atoms with Gasteiger partial charge < -0.3 is 10.6 Å². The van der Waals surface area contributed by atoms with E-state index in [0.29, 0.717) is 28.7 Å². The van der Waals surface area contributed by atoms with Gasteiger partial charge >= 0.3 is 0 Å². The van der Waals surface area contributed by atoms with Crippen LogP contribution in [-0.4, -0.2) is 18.4 Å². The molecular weight excluding hydrogens is 359 g/mol. The van der Waals surface area contributed by atoms with Crippen LogP contribution in [0.2, 0.25) is 10.0 Å². The number of rotatable bonds is 6. The fourth-order valence-electron chi connectivity index (χ4n) is 2.46. The Morgan fingerprint density at radius 1 is 1.00 bits per heavy atom. The van der Waals surface area contributed by atoms with Crippen molar-refractivity contribution in [2.24, 2.45) is 0 Å². The molecule has 4 nitrogen and oxygen atoms in total. The van der Waals surface area contributed by atoms with Gasteiger partial charge in [-0.1, -0.05) is 41.4 Å². The molecule has 25 heavy (non-hydrogen) atoms. The second kappa shape index (κ2) is 8.88. The first kappa shape index (κ1) is 19.3. The maximum absolute atomic E-state index is 12.0. The van der Waals surface area contributed by atoms with Gasteiger partial charge in [-0.05, 0) is 55.2 Å². The van der Waals surface area contributed by atoms with Gasteiger partial charge in [0.2, 0.25) is 11.8 Å². The molecule has 2 rings (SSSR count). The molecule has 0 aliphatic rings. The topological polar surface area (TPSA) is 58.2 Å². The first-order valence-corrected chi connectivity index (χ1v) is 8.68. The fraction of sp³-hybridized carbons (Fsp3) is 0.263. The highest BCUT2D eigenvalue weighted by atomic mass is 35.5. The van der Waals surface area contributed by atoms with E-state index >= 15 is 0 Å². The number of halogens is 2. The molecule has 2 N–H and O–H groups in total. The quantitative estimate of drug-likeness (QED) is 0.736. The van der Waals surface area contributed by atoms with Crippen LogP contribution in [0.4, 0.5) is 5.69 Å². The van der Waals surface area contributed by atoms with E-state index in [1.165, 1.54) is 0 Å². The van der Waals surface area contributed by atoms with Crippen LogP contribution in [-0.2, 0) is 16.0 Å². The zero-order chi connectivity index (χ0) is 18.4. The molecule has 0 unspecified atom stereocenters. The summed E-state index contributed by atoms with van der Waals surface area (Å²) in [7, 11) is 0. The third kappa shape index (κ3) is 6.07. The molecule has 0 heterocycles. The van der Waals surface area contributed by atoms with Gasteiger partial charge in [-0.25, -0.2) is 0 Å². The molecule has 0 aromatic heterocycles. The second-order valence-electron chi connectivity index (χ2n) is 5.89. The van der Waals surface area contributed by atoms with Crippen LogP contribution in [0.15, 0.2) is 36.4 Å². The van der Waals surface area contributed by atoms with Crippen molar-refractivity contribution in [1.29, 1.82) is 0 Å². The summed E-state index contributed by atoms with van der Waals surface area (Å²) in [6.07, 6.45) is 0.428. The number of anilines is 1. The van der Waals surface area contributed by atoms with E-state index in [1.807, 2.05) is 32.0 Å². The molecule has 0 spiro atoms. The Kier molecular flexibility index (Phi) is 6.85. The van der Waals surface area contributed by atoms with Crippen molar-refractivity contribution < 1.29 is 9.59 Å². The van der Waals surface area contributed by atoms with E-state index in [9.17, 15) is 9.59 Å². The Labute approximate surface area is 157 Å². The van der Waals surface area contributed by atoms with Crippen molar-refractivity contribution in [3.05, 3.63) is 63.1 Å². The largest absolute Gasteiger partial charge is 0.355 e. The zero-order valence-corrected chi connectivity index (χ0v) is 15.7. The minimum atomic E-state index is -0.391. The molecule has 0 saturated carbocycles. The molecule has 0 aliphatic carbocycles. The number of carbonyl (C=O) groups excluding carboxylic acids is 2. The van der Waals surface area contributed by atoms with Crippen molar-refractivity contribution in [2.75, 3.05) is 11.9 Å². The summed E-state index contributed by atoms with van der Waals surface area (Å²) < 4.78 is 0. The monoisotopic (exact) mass is 378 g/mol. The normalized spacial score (nSPS) is 10.4. The lowest BCUT2D eigenvalue weighted by Gasteiger charge is -2.11. The van der Waals surface area contributed by atoms with Gasteiger partial charge in [0.15, 0.2) is 0 Å². The van der Waals surface area contributed by atoms with Gasteiger partial charge in [0, 0.05) is 11.6 Å². The van der Waals surface area contributed by atoms with Crippen LogP contribution in [0.5, 0.6) is 0 Å². The number of amides is 2.